The van der Waals surface area contributed by atoms with Crippen molar-refractivity contribution in [2.24, 2.45) is 11.1 Å². The number of ether oxygens (including phenoxy) is 1. The third kappa shape index (κ3) is 4.83. The van der Waals surface area contributed by atoms with Gasteiger partial charge in [0.05, 0.1) is 18.3 Å². The Hall–Kier alpha value is -1.30. The molecule has 1 aliphatic heterocycles. The predicted octanol–water partition coefficient (Wildman–Crippen LogP) is 2.50. The number of halogens is 1. The van der Waals surface area contributed by atoms with Gasteiger partial charge in [-0.05, 0) is 50.9 Å². The first-order valence-corrected chi connectivity index (χ1v) is 7.96. The predicted molar refractivity (Wildman–Crippen MR) is 96.3 cm³/mol. The molecule has 0 aliphatic carbocycles. The van der Waals surface area contributed by atoms with E-state index in [9.17, 15) is 4.79 Å². The van der Waals surface area contributed by atoms with Gasteiger partial charge in [0.25, 0.3) is 0 Å². The third-order valence-corrected chi connectivity index (χ3v) is 4.45. The van der Waals surface area contributed by atoms with Crippen molar-refractivity contribution in [3.63, 3.8) is 0 Å². The second kappa shape index (κ2) is 8.52. The van der Waals surface area contributed by atoms with Crippen molar-refractivity contribution >= 4 is 24.0 Å². The Bertz CT molecular complexity index is 526. The second-order valence-corrected chi connectivity index (χ2v) is 6.33. The van der Waals surface area contributed by atoms with Crippen molar-refractivity contribution in [2.75, 3.05) is 31.6 Å². The minimum absolute atomic E-state index is 0. The van der Waals surface area contributed by atoms with E-state index in [0.29, 0.717) is 18.9 Å². The van der Waals surface area contributed by atoms with E-state index >= 15 is 0 Å². The first-order valence-electron chi connectivity index (χ1n) is 7.96. The van der Waals surface area contributed by atoms with Crippen LogP contribution in [0.15, 0.2) is 24.3 Å². The molecule has 1 fully saturated rings. The Morgan fingerprint density at radius 1 is 1.48 bits per heavy atom. The highest BCUT2D eigenvalue weighted by Crippen LogP contribution is 2.30. The number of nitrogens with zero attached hydrogens (tertiary/aromatic N) is 1. The number of nitrogens with one attached hydrogen (secondary N) is 1. The molecular formula is C17H28ClN3O2. The van der Waals surface area contributed by atoms with Crippen LogP contribution in [0.4, 0.5) is 5.69 Å². The molecule has 3 N–H and O–H groups in total. The molecule has 0 aromatic heterocycles. The Morgan fingerprint density at radius 3 is 2.78 bits per heavy atom. The summed E-state index contributed by atoms with van der Waals surface area (Å²) in [5.41, 5.74) is 6.69. The van der Waals surface area contributed by atoms with Crippen LogP contribution in [-0.4, -0.2) is 43.1 Å². The van der Waals surface area contributed by atoms with E-state index in [1.165, 1.54) is 0 Å². The van der Waals surface area contributed by atoms with Crippen LogP contribution in [0.2, 0.25) is 0 Å². The lowest BCUT2D eigenvalue weighted by Crippen LogP contribution is -2.42. The van der Waals surface area contributed by atoms with Crippen LogP contribution in [0, 0.1) is 5.41 Å². The maximum atomic E-state index is 12.5. The van der Waals surface area contributed by atoms with E-state index in [0.717, 1.165) is 25.2 Å². The number of nitrogens with two attached hydrogens (primary N) is 1. The number of benzene rings is 1. The first kappa shape index (κ1) is 19.7. The lowest BCUT2D eigenvalue weighted by Gasteiger charge is -2.26. The highest BCUT2D eigenvalue weighted by atomic mass is 35.5. The Balaban J connectivity index is 0.00000264. The molecule has 1 aliphatic rings. The lowest BCUT2D eigenvalue weighted by atomic mass is 9.90. The van der Waals surface area contributed by atoms with Gasteiger partial charge in [0.1, 0.15) is 5.75 Å². The van der Waals surface area contributed by atoms with E-state index in [1.807, 2.05) is 38.1 Å². The second-order valence-electron chi connectivity index (χ2n) is 6.33. The van der Waals surface area contributed by atoms with Crippen LogP contribution >= 0.6 is 12.4 Å². The van der Waals surface area contributed by atoms with Gasteiger partial charge in [-0.3, -0.25) is 9.69 Å². The van der Waals surface area contributed by atoms with Crippen molar-refractivity contribution < 1.29 is 9.53 Å². The van der Waals surface area contributed by atoms with Crippen molar-refractivity contribution in [2.45, 2.75) is 33.2 Å². The largest absolute Gasteiger partial charge is 0.492 e. The number of hydrogen-bond donors (Lipinski definition) is 2. The van der Waals surface area contributed by atoms with Gasteiger partial charge in [0.2, 0.25) is 5.91 Å². The normalized spacial score (nSPS) is 22.3. The summed E-state index contributed by atoms with van der Waals surface area (Å²) < 4.78 is 5.55. The van der Waals surface area contributed by atoms with Crippen molar-refractivity contribution in [3.05, 3.63) is 24.3 Å². The molecule has 2 atom stereocenters. The summed E-state index contributed by atoms with van der Waals surface area (Å²) in [6.07, 6.45) is 1.04. The van der Waals surface area contributed by atoms with Gasteiger partial charge < -0.3 is 15.8 Å². The number of likely N-dealkylation sites (tertiary alicyclic amines) is 1. The summed E-state index contributed by atoms with van der Waals surface area (Å²) in [6.45, 7) is 9.07. The van der Waals surface area contributed by atoms with Crippen LogP contribution < -0.4 is 15.8 Å². The van der Waals surface area contributed by atoms with Gasteiger partial charge in [-0.2, -0.15) is 0 Å². The van der Waals surface area contributed by atoms with Gasteiger partial charge in [-0.25, -0.2) is 0 Å². The van der Waals surface area contributed by atoms with E-state index in [4.69, 9.17) is 10.5 Å². The van der Waals surface area contributed by atoms with E-state index < -0.39 is 0 Å². The Labute approximate surface area is 145 Å². The highest BCUT2D eigenvalue weighted by Gasteiger charge is 2.36. The van der Waals surface area contributed by atoms with E-state index in [-0.39, 0.29) is 29.8 Å². The molecule has 2 rings (SSSR count). The van der Waals surface area contributed by atoms with Crippen LogP contribution in [0.25, 0.3) is 0 Å². The zero-order valence-electron chi connectivity index (χ0n) is 14.2. The molecule has 1 aromatic rings. The maximum absolute atomic E-state index is 12.5. The van der Waals surface area contributed by atoms with Gasteiger partial charge >= 0.3 is 0 Å². The summed E-state index contributed by atoms with van der Waals surface area (Å²) >= 11 is 0. The average Bonchev–Trinajstić information content (AvgIpc) is 2.92. The van der Waals surface area contributed by atoms with Gasteiger partial charge in [-0.15, -0.1) is 12.4 Å². The number of amides is 1. The monoisotopic (exact) mass is 341 g/mol. The fourth-order valence-electron chi connectivity index (χ4n) is 2.81. The molecule has 6 heteroatoms. The molecule has 5 nitrogen and oxygen atoms in total. The Morgan fingerprint density at radius 2 is 2.17 bits per heavy atom. The molecule has 1 amide bonds. The zero-order valence-corrected chi connectivity index (χ0v) is 15.0. The van der Waals surface area contributed by atoms with Crippen molar-refractivity contribution in [1.82, 2.24) is 4.90 Å². The summed E-state index contributed by atoms with van der Waals surface area (Å²) in [4.78, 5) is 14.7. The number of hydrogen-bond acceptors (Lipinski definition) is 4. The minimum Gasteiger partial charge on any atom is -0.492 e. The van der Waals surface area contributed by atoms with Crippen LogP contribution in [0.5, 0.6) is 5.75 Å². The molecule has 2 unspecified atom stereocenters. The molecule has 0 radical (unpaired) electrons. The minimum atomic E-state index is -0.178. The molecule has 1 aromatic carbocycles. The number of carbonyl (C=O) groups is 1. The molecule has 130 valence electrons. The fraction of sp³-hybridized carbons (Fsp3) is 0.588. The standard InChI is InChI=1S/C17H27N3O2.ClH/c1-4-22-15-8-6-5-7-14(15)19-16(21)13(2)20-10-9-17(3,11-18)12-20;/h5-8,13H,4,9-12,18H2,1-3H3,(H,19,21);1H. The third-order valence-electron chi connectivity index (χ3n) is 4.45. The molecule has 0 spiro atoms. The van der Waals surface area contributed by atoms with Crippen LogP contribution in [0.1, 0.15) is 27.2 Å². The molecule has 1 saturated heterocycles. The summed E-state index contributed by atoms with van der Waals surface area (Å²) in [5, 5.41) is 2.98. The lowest BCUT2D eigenvalue weighted by molar-refractivity contribution is -0.120. The van der Waals surface area contributed by atoms with Crippen LogP contribution in [-0.2, 0) is 4.79 Å². The highest BCUT2D eigenvalue weighted by molar-refractivity contribution is 5.95. The zero-order chi connectivity index (χ0) is 16.2. The summed E-state index contributed by atoms with van der Waals surface area (Å²) in [5.74, 6) is 0.701. The topological polar surface area (TPSA) is 67.6 Å². The maximum Gasteiger partial charge on any atom is 0.241 e. The van der Waals surface area contributed by atoms with Crippen molar-refractivity contribution in [3.8, 4) is 5.75 Å². The number of rotatable bonds is 6. The smallest absolute Gasteiger partial charge is 0.241 e. The van der Waals surface area contributed by atoms with Gasteiger partial charge in [0, 0.05) is 6.54 Å². The summed E-state index contributed by atoms with van der Waals surface area (Å²) in [7, 11) is 0. The molecular weight excluding hydrogens is 314 g/mol. The van der Waals surface area contributed by atoms with Gasteiger partial charge in [0.15, 0.2) is 0 Å². The average molecular weight is 342 g/mol. The van der Waals surface area contributed by atoms with Gasteiger partial charge in [-0.1, -0.05) is 19.1 Å². The molecule has 23 heavy (non-hydrogen) atoms. The molecule has 0 saturated carbocycles. The fourth-order valence-corrected chi connectivity index (χ4v) is 2.81. The quantitative estimate of drug-likeness (QED) is 0.834. The number of carbonyl (C=O) groups excluding carboxylic acids is 1. The van der Waals surface area contributed by atoms with E-state index in [2.05, 4.69) is 17.1 Å². The number of anilines is 1. The Kier molecular flexibility index (Phi) is 7.32. The number of para-hydroxylation sites is 2. The summed E-state index contributed by atoms with van der Waals surface area (Å²) in [6, 6.07) is 7.35. The van der Waals surface area contributed by atoms with Crippen LogP contribution in [0.3, 0.4) is 0 Å². The first-order chi connectivity index (χ1) is 10.5. The van der Waals surface area contributed by atoms with Crippen molar-refractivity contribution in [1.29, 1.82) is 0 Å². The SMILES string of the molecule is CCOc1ccccc1NC(=O)C(C)N1CCC(C)(CN)C1.Cl. The molecule has 0 bridgehead atoms. The molecule has 1 heterocycles. The van der Waals surface area contributed by atoms with E-state index in [1.54, 1.807) is 0 Å².